The van der Waals surface area contributed by atoms with Gasteiger partial charge in [-0.2, -0.15) is 0 Å². The Hall–Kier alpha value is -2.35. The highest BCUT2D eigenvalue weighted by atomic mass is 16.5. The van der Waals surface area contributed by atoms with Crippen LogP contribution in [0.3, 0.4) is 0 Å². The van der Waals surface area contributed by atoms with E-state index in [0.717, 1.165) is 11.1 Å². The van der Waals surface area contributed by atoms with Gasteiger partial charge < -0.3 is 4.74 Å². The maximum absolute atomic E-state index is 5.62. The molecule has 0 amide bonds. The quantitative estimate of drug-likeness (QED) is 0.762. The van der Waals surface area contributed by atoms with Gasteiger partial charge in [-0.15, -0.1) is 0 Å². The Kier molecular flexibility index (Phi) is 2.92. The molecule has 2 heteroatoms. The van der Waals surface area contributed by atoms with Gasteiger partial charge in [0.05, 0.1) is 0 Å². The predicted molar refractivity (Wildman–Crippen MR) is 77.2 cm³/mol. The number of nitrogens with zero attached hydrogens (tertiary/aromatic N) is 1. The Labute approximate surface area is 113 Å². The maximum Gasteiger partial charge on any atom is 0.171 e. The van der Waals surface area contributed by atoms with E-state index in [4.69, 9.17) is 4.74 Å². The fraction of sp³-hybridized carbons (Fsp3) is 0.118. The predicted octanol–water partition coefficient (Wildman–Crippen LogP) is 3.54. The second-order valence-electron chi connectivity index (χ2n) is 4.53. The molecule has 0 saturated heterocycles. The van der Waals surface area contributed by atoms with Crippen molar-refractivity contribution in [3.05, 3.63) is 84.4 Å². The van der Waals surface area contributed by atoms with E-state index in [-0.39, 0.29) is 6.10 Å². The molecule has 2 nitrogen and oxygen atoms in total. The molecule has 1 aliphatic rings. The van der Waals surface area contributed by atoms with Gasteiger partial charge in [-0.3, -0.25) is 0 Å². The lowest BCUT2D eigenvalue weighted by molar-refractivity contribution is 0.212. The maximum atomic E-state index is 5.62. The van der Waals surface area contributed by atoms with Crippen LogP contribution in [0.5, 0.6) is 0 Å². The molecular formula is C17H15NO. The average Bonchev–Trinajstić information content (AvgIpc) is 2.94. The van der Waals surface area contributed by atoms with Crippen LogP contribution in [-0.4, -0.2) is 12.5 Å². The van der Waals surface area contributed by atoms with Gasteiger partial charge in [0.2, 0.25) is 0 Å². The first-order valence-electron chi connectivity index (χ1n) is 6.30. The molecule has 0 saturated carbocycles. The summed E-state index contributed by atoms with van der Waals surface area (Å²) in [6.45, 7) is 3.88. The number of hydrogen-bond donors (Lipinski definition) is 0. The summed E-state index contributed by atoms with van der Waals surface area (Å²) in [5, 5.41) is 0. The smallest absolute Gasteiger partial charge is 0.171 e. The first-order valence-corrected chi connectivity index (χ1v) is 6.30. The van der Waals surface area contributed by atoms with Gasteiger partial charge >= 0.3 is 0 Å². The summed E-state index contributed by atoms with van der Waals surface area (Å²) < 4.78 is 5.62. The van der Waals surface area contributed by atoms with Crippen LogP contribution >= 0.6 is 0 Å². The Bertz CT molecular complexity index is 550. The van der Waals surface area contributed by atoms with E-state index in [1.165, 1.54) is 6.40 Å². The lowest BCUT2D eigenvalue weighted by atomic mass is 9.79. The molecule has 1 aliphatic heterocycles. The van der Waals surface area contributed by atoms with E-state index >= 15 is 0 Å². The minimum atomic E-state index is -0.524. The van der Waals surface area contributed by atoms with Gasteiger partial charge in [0.1, 0.15) is 0 Å². The summed E-state index contributed by atoms with van der Waals surface area (Å²) in [5.41, 5.74) is 1.70. The van der Waals surface area contributed by atoms with Crippen molar-refractivity contribution in [1.82, 2.24) is 0 Å². The molecule has 1 heterocycles. The van der Waals surface area contributed by atoms with Crippen molar-refractivity contribution in [2.24, 2.45) is 4.99 Å². The van der Waals surface area contributed by atoms with Crippen molar-refractivity contribution < 1.29 is 4.74 Å². The zero-order chi connectivity index (χ0) is 13.1. The lowest BCUT2D eigenvalue weighted by Gasteiger charge is -2.31. The van der Waals surface area contributed by atoms with Crippen LogP contribution in [0.1, 0.15) is 11.1 Å². The van der Waals surface area contributed by atoms with Crippen LogP contribution < -0.4 is 0 Å². The minimum Gasteiger partial charge on any atom is -0.473 e. The van der Waals surface area contributed by atoms with E-state index in [1.54, 1.807) is 0 Å². The largest absolute Gasteiger partial charge is 0.473 e. The van der Waals surface area contributed by atoms with E-state index in [1.807, 2.05) is 42.5 Å². The highest BCUT2D eigenvalue weighted by Gasteiger charge is 2.44. The van der Waals surface area contributed by atoms with Gasteiger partial charge in [-0.1, -0.05) is 67.2 Å². The van der Waals surface area contributed by atoms with Crippen molar-refractivity contribution >= 4 is 6.40 Å². The fourth-order valence-electron chi connectivity index (χ4n) is 2.61. The molecule has 0 fully saturated rings. The molecule has 2 aromatic rings. The van der Waals surface area contributed by atoms with Crippen LogP contribution in [0, 0.1) is 0 Å². The van der Waals surface area contributed by atoms with Gasteiger partial charge in [0.15, 0.2) is 18.0 Å². The Morgan fingerprint density at radius 2 is 1.47 bits per heavy atom. The highest BCUT2D eigenvalue weighted by molar-refractivity contribution is 5.58. The van der Waals surface area contributed by atoms with Crippen LogP contribution in [0.4, 0.5) is 0 Å². The molecular weight excluding hydrogens is 234 g/mol. The van der Waals surface area contributed by atoms with Crippen LogP contribution in [-0.2, 0) is 10.3 Å². The number of hydrogen-bond acceptors (Lipinski definition) is 2. The normalized spacial score (nSPS) is 19.9. The van der Waals surface area contributed by atoms with Gasteiger partial charge in [0, 0.05) is 0 Å². The molecule has 2 aromatic carbocycles. The van der Waals surface area contributed by atoms with Crippen molar-refractivity contribution in [2.45, 2.75) is 11.6 Å². The zero-order valence-electron chi connectivity index (χ0n) is 10.6. The third kappa shape index (κ3) is 1.76. The summed E-state index contributed by atoms with van der Waals surface area (Å²) in [4.78, 5) is 4.64. The Morgan fingerprint density at radius 3 is 1.95 bits per heavy atom. The summed E-state index contributed by atoms with van der Waals surface area (Å²) in [6.07, 6.45) is 3.16. The molecule has 0 aromatic heterocycles. The fourth-order valence-corrected chi connectivity index (χ4v) is 2.61. The highest BCUT2D eigenvalue weighted by Crippen LogP contribution is 2.41. The Morgan fingerprint density at radius 1 is 0.947 bits per heavy atom. The molecule has 0 spiro atoms. The molecule has 1 unspecified atom stereocenters. The van der Waals surface area contributed by atoms with Crippen LogP contribution in [0.15, 0.2) is 78.3 Å². The molecule has 19 heavy (non-hydrogen) atoms. The number of rotatable bonds is 3. The van der Waals surface area contributed by atoms with Crippen molar-refractivity contribution in [1.29, 1.82) is 0 Å². The lowest BCUT2D eigenvalue weighted by Crippen LogP contribution is -2.35. The summed E-state index contributed by atoms with van der Waals surface area (Å²) in [7, 11) is 0. The van der Waals surface area contributed by atoms with E-state index in [2.05, 4.69) is 35.8 Å². The standard InChI is InChI=1S/C17H15NO/c1-2-16-17(18-13-19-16,14-9-5-3-6-10-14)15-11-7-4-8-12-15/h2-13,16H,1H2. The van der Waals surface area contributed by atoms with Gasteiger partial charge in [0.25, 0.3) is 0 Å². The topological polar surface area (TPSA) is 21.6 Å². The van der Waals surface area contributed by atoms with Crippen LogP contribution in [0.25, 0.3) is 0 Å². The number of benzene rings is 2. The number of ether oxygens (including phenoxy) is 1. The average molecular weight is 249 g/mol. The van der Waals surface area contributed by atoms with Gasteiger partial charge in [-0.25, -0.2) is 4.99 Å². The summed E-state index contributed by atoms with van der Waals surface area (Å²) >= 11 is 0. The zero-order valence-corrected chi connectivity index (χ0v) is 10.6. The van der Waals surface area contributed by atoms with Crippen LogP contribution in [0.2, 0.25) is 0 Å². The molecule has 0 aliphatic carbocycles. The first kappa shape index (κ1) is 11.7. The van der Waals surface area contributed by atoms with Crippen molar-refractivity contribution in [3.8, 4) is 0 Å². The third-order valence-corrected chi connectivity index (χ3v) is 3.52. The van der Waals surface area contributed by atoms with Crippen molar-refractivity contribution in [3.63, 3.8) is 0 Å². The first-order chi connectivity index (χ1) is 9.38. The van der Waals surface area contributed by atoms with Crippen molar-refractivity contribution in [2.75, 3.05) is 0 Å². The molecule has 3 rings (SSSR count). The van der Waals surface area contributed by atoms with E-state index in [0.29, 0.717) is 0 Å². The second kappa shape index (κ2) is 4.73. The number of aliphatic imine (C=N–C) groups is 1. The minimum absolute atomic E-state index is 0.183. The molecule has 0 N–H and O–H groups in total. The second-order valence-corrected chi connectivity index (χ2v) is 4.53. The molecule has 0 radical (unpaired) electrons. The molecule has 1 atom stereocenters. The van der Waals surface area contributed by atoms with E-state index in [9.17, 15) is 0 Å². The molecule has 94 valence electrons. The van der Waals surface area contributed by atoms with E-state index < -0.39 is 5.54 Å². The van der Waals surface area contributed by atoms with Gasteiger partial charge in [-0.05, 0) is 17.2 Å². The summed E-state index contributed by atoms with van der Waals surface area (Å²) in [6, 6.07) is 20.4. The third-order valence-electron chi connectivity index (χ3n) is 3.52. The Balaban J connectivity index is 2.22. The monoisotopic (exact) mass is 249 g/mol. The molecule has 0 bridgehead atoms. The SMILES string of the molecule is C=CC1OC=NC1(c1ccccc1)c1ccccc1. The summed E-state index contributed by atoms with van der Waals surface area (Å²) in [5.74, 6) is 0.